The Hall–Kier alpha value is -0.970. The molecule has 0 aliphatic carbocycles. The van der Waals surface area contributed by atoms with Crippen LogP contribution in [-0.4, -0.2) is 28.0 Å². The van der Waals surface area contributed by atoms with Crippen molar-refractivity contribution in [3.63, 3.8) is 0 Å². The molecule has 0 amide bonds. The number of thioether (sulfide) groups is 1. The Labute approximate surface area is 82.3 Å². The summed E-state index contributed by atoms with van der Waals surface area (Å²) >= 11 is 1.80. The highest BCUT2D eigenvalue weighted by atomic mass is 32.2. The number of nitrogens with one attached hydrogen (secondary N) is 1. The van der Waals surface area contributed by atoms with Gasteiger partial charge in [-0.25, -0.2) is 9.97 Å². The smallest absolute Gasteiger partial charge is 0.152 e. The predicted octanol–water partition coefficient (Wildman–Crippen LogP) is 1.22. The number of hydrogen-bond donors (Lipinski definition) is 2. The number of rotatable bonds is 4. The van der Waals surface area contributed by atoms with Crippen LogP contribution >= 0.6 is 11.8 Å². The highest BCUT2D eigenvalue weighted by Gasteiger charge is 2.02. The van der Waals surface area contributed by atoms with Crippen LogP contribution in [0.1, 0.15) is 6.92 Å². The lowest BCUT2D eigenvalue weighted by atomic mass is 10.4. The van der Waals surface area contributed by atoms with Gasteiger partial charge < -0.3 is 11.1 Å². The molecule has 0 saturated carbocycles. The molecule has 0 fully saturated rings. The summed E-state index contributed by atoms with van der Waals surface area (Å²) in [7, 11) is 0. The van der Waals surface area contributed by atoms with E-state index in [9.17, 15) is 0 Å². The minimum Gasteiger partial charge on any atom is -0.394 e. The molecule has 1 aromatic rings. The van der Waals surface area contributed by atoms with Crippen LogP contribution < -0.4 is 11.1 Å². The van der Waals surface area contributed by atoms with Crippen LogP contribution in [-0.2, 0) is 0 Å². The molecule has 1 heterocycles. The molecule has 5 heteroatoms. The summed E-state index contributed by atoms with van der Waals surface area (Å²) in [5, 5.41) is 3.72. The second-order valence-corrected chi connectivity index (χ2v) is 4.03. The zero-order valence-corrected chi connectivity index (χ0v) is 8.64. The maximum absolute atomic E-state index is 5.65. The molecule has 13 heavy (non-hydrogen) atoms. The van der Waals surface area contributed by atoms with Crippen molar-refractivity contribution in [2.75, 3.05) is 23.9 Å². The maximum atomic E-state index is 5.65. The van der Waals surface area contributed by atoms with E-state index < -0.39 is 0 Å². The van der Waals surface area contributed by atoms with Gasteiger partial charge in [0.25, 0.3) is 0 Å². The van der Waals surface area contributed by atoms with Gasteiger partial charge >= 0.3 is 0 Å². The van der Waals surface area contributed by atoms with E-state index in [1.165, 1.54) is 6.33 Å². The van der Waals surface area contributed by atoms with E-state index in [-0.39, 0.29) is 0 Å². The van der Waals surface area contributed by atoms with Gasteiger partial charge in [0.15, 0.2) is 5.82 Å². The zero-order valence-electron chi connectivity index (χ0n) is 7.82. The van der Waals surface area contributed by atoms with E-state index in [0.29, 0.717) is 10.9 Å². The number of nitrogen functional groups attached to an aromatic ring is 1. The Balaban J connectivity index is 2.50. The van der Waals surface area contributed by atoms with Crippen LogP contribution in [0.15, 0.2) is 12.5 Å². The molecule has 72 valence electrons. The fourth-order valence-corrected chi connectivity index (χ4v) is 1.06. The maximum Gasteiger partial charge on any atom is 0.152 e. The Morgan fingerprint density at radius 3 is 3.08 bits per heavy atom. The lowest BCUT2D eigenvalue weighted by Gasteiger charge is -2.10. The molecule has 3 N–H and O–H groups in total. The molecule has 1 atom stereocenters. The largest absolute Gasteiger partial charge is 0.394 e. The molecule has 1 rings (SSSR count). The van der Waals surface area contributed by atoms with Crippen molar-refractivity contribution in [1.82, 2.24) is 9.97 Å². The second-order valence-electron chi connectivity index (χ2n) is 2.75. The van der Waals surface area contributed by atoms with Crippen LogP contribution in [0.4, 0.5) is 11.5 Å². The van der Waals surface area contributed by atoms with Gasteiger partial charge in [0, 0.05) is 11.8 Å². The molecule has 1 unspecified atom stereocenters. The van der Waals surface area contributed by atoms with E-state index in [1.807, 2.05) is 0 Å². The van der Waals surface area contributed by atoms with Crippen LogP contribution in [0.3, 0.4) is 0 Å². The Morgan fingerprint density at radius 1 is 1.69 bits per heavy atom. The first-order valence-corrected chi connectivity index (χ1v) is 5.35. The minimum atomic E-state index is 0.550. The molecule has 0 aliphatic heterocycles. The van der Waals surface area contributed by atoms with Crippen LogP contribution in [0, 0.1) is 0 Å². The van der Waals surface area contributed by atoms with Gasteiger partial charge in [0.1, 0.15) is 6.33 Å². The highest BCUT2D eigenvalue weighted by molar-refractivity contribution is 7.99. The number of anilines is 2. The summed E-state index contributed by atoms with van der Waals surface area (Å²) < 4.78 is 0. The van der Waals surface area contributed by atoms with Gasteiger partial charge in [-0.3, -0.25) is 0 Å². The van der Waals surface area contributed by atoms with E-state index in [1.54, 1.807) is 18.0 Å². The summed E-state index contributed by atoms with van der Waals surface area (Å²) in [6.45, 7) is 3.01. The Bertz CT molecular complexity index is 266. The van der Waals surface area contributed by atoms with Gasteiger partial charge in [-0.2, -0.15) is 11.8 Å². The van der Waals surface area contributed by atoms with Gasteiger partial charge in [0.2, 0.25) is 0 Å². The van der Waals surface area contributed by atoms with Crippen molar-refractivity contribution in [3.05, 3.63) is 12.5 Å². The van der Waals surface area contributed by atoms with Gasteiger partial charge in [-0.05, 0) is 6.26 Å². The molecule has 0 saturated heterocycles. The number of hydrogen-bond acceptors (Lipinski definition) is 5. The van der Waals surface area contributed by atoms with E-state index in [4.69, 9.17) is 5.73 Å². The summed E-state index contributed by atoms with van der Waals surface area (Å²) in [5.41, 5.74) is 6.25. The fraction of sp³-hybridized carbons (Fsp3) is 0.500. The molecule has 0 aliphatic rings. The van der Waals surface area contributed by atoms with Gasteiger partial charge in [-0.1, -0.05) is 6.92 Å². The zero-order chi connectivity index (χ0) is 9.68. The summed E-state index contributed by atoms with van der Waals surface area (Å²) in [5.74, 6) is 0.718. The van der Waals surface area contributed by atoms with Gasteiger partial charge in [0.05, 0.1) is 11.9 Å². The quantitative estimate of drug-likeness (QED) is 0.761. The fourth-order valence-electron chi connectivity index (χ4n) is 0.812. The molecular weight excluding hydrogens is 184 g/mol. The third-order valence-electron chi connectivity index (χ3n) is 1.70. The Morgan fingerprint density at radius 2 is 2.46 bits per heavy atom. The highest BCUT2D eigenvalue weighted by Crippen LogP contribution is 2.13. The molecule has 0 bridgehead atoms. The topological polar surface area (TPSA) is 63.8 Å². The van der Waals surface area contributed by atoms with Crippen LogP contribution in [0.5, 0.6) is 0 Å². The monoisotopic (exact) mass is 198 g/mol. The molecule has 0 spiro atoms. The third kappa shape index (κ3) is 3.10. The van der Waals surface area contributed by atoms with Crippen LogP contribution in [0.2, 0.25) is 0 Å². The standard InChI is InChI=1S/C8H14N4S/c1-6(13-2)3-11-8-7(9)4-10-5-12-8/h4-6H,3,9H2,1-2H3,(H,10,11,12). The van der Waals surface area contributed by atoms with Crippen molar-refractivity contribution in [2.24, 2.45) is 0 Å². The molecule has 1 aromatic heterocycles. The van der Waals surface area contributed by atoms with E-state index in [0.717, 1.165) is 12.4 Å². The molecule has 0 radical (unpaired) electrons. The van der Waals surface area contributed by atoms with E-state index in [2.05, 4.69) is 28.5 Å². The molecule has 4 nitrogen and oxygen atoms in total. The normalized spacial score (nSPS) is 12.5. The van der Waals surface area contributed by atoms with Crippen molar-refractivity contribution in [1.29, 1.82) is 0 Å². The first-order chi connectivity index (χ1) is 6.24. The number of nitrogens with zero attached hydrogens (tertiary/aromatic N) is 2. The summed E-state index contributed by atoms with van der Waals surface area (Å²) in [6.07, 6.45) is 5.16. The molecular formula is C8H14N4S. The average molecular weight is 198 g/mol. The van der Waals surface area contributed by atoms with Crippen molar-refractivity contribution >= 4 is 23.3 Å². The van der Waals surface area contributed by atoms with Gasteiger partial charge in [-0.15, -0.1) is 0 Å². The van der Waals surface area contributed by atoms with Crippen LogP contribution in [0.25, 0.3) is 0 Å². The van der Waals surface area contributed by atoms with E-state index >= 15 is 0 Å². The number of aromatic nitrogens is 2. The second kappa shape index (κ2) is 4.91. The lowest BCUT2D eigenvalue weighted by molar-refractivity contribution is 0.987. The third-order valence-corrected chi connectivity index (χ3v) is 2.67. The lowest BCUT2D eigenvalue weighted by Crippen LogP contribution is -2.14. The first-order valence-electron chi connectivity index (χ1n) is 4.06. The summed E-state index contributed by atoms with van der Waals surface area (Å²) in [4.78, 5) is 7.84. The minimum absolute atomic E-state index is 0.550. The first kappa shape index (κ1) is 10.1. The SMILES string of the molecule is CSC(C)CNc1ncncc1N. The average Bonchev–Trinajstić information content (AvgIpc) is 2.16. The predicted molar refractivity (Wildman–Crippen MR) is 57.9 cm³/mol. The van der Waals surface area contributed by atoms with Crippen molar-refractivity contribution in [3.8, 4) is 0 Å². The number of nitrogens with two attached hydrogens (primary N) is 1. The Kier molecular flexibility index (Phi) is 3.82. The van der Waals surface area contributed by atoms with Crippen molar-refractivity contribution < 1.29 is 0 Å². The molecule has 0 aromatic carbocycles. The van der Waals surface area contributed by atoms with Crippen molar-refractivity contribution in [2.45, 2.75) is 12.2 Å². The summed E-state index contributed by atoms with van der Waals surface area (Å²) in [6, 6.07) is 0.